The fourth-order valence-corrected chi connectivity index (χ4v) is 1.10. The van der Waals surface area contributed by atoms with Crippen LogP contribution in [0.3, 0.4) is 0 Å². The second-order valence-corrected chi connectivity index (χ2v) is 2.70. The number of rotatable bonds is 3. The Balaban J connectivity index is 2.61. The van der Waals surface area contributed by atoms with E-state index in [2.05, 4.69) is 20.6 Å². The van der Waals surface area contributed by atoms with Crippen molar-refractivity contribution in [2.75, 3.05) is 14.1 Å². The van der Waals surface area contributed by atoms with Gasteiger partial charge in [-0.1, -0.05) is 0 Å². The maximum atomic E-state index is 12.4. The van der Waals surface area contributed by atoms with Crippen LogP contribution in [0.25, 0.3) is 0 Å². The summed E-state index contributed by atoms with van der Waals surface area (Å²) in [6.07, 6.45) is 2.58. The van der Waals surface area contributed by atoms with Crippen LogP contribution in [0.4, 0.5) is 8.78 Å². The molecule has 0 amide bonds. The van der Waals surface area contributed by atoms with Gasteiger partial charge >= 0.3 is 6.55 Å². The zero-order chi connectivity index (χ0) is 11.3. The summed E-state index contributed by atoms with van der Waals surface area (Å²) in [6, 6.07) is 0. The van der Waals surface area contributed by atoms with Crippen LogP contribution < -0.4 is 10.6 Å². The van der Waals surface area contributed by atoms with E-state index in [1.165, 1.54) is 12.4 Å². The topological polar surface area (TPSA) is 54.2 Å². The summed E-state index contributed by atoms with van der Waals surface area (Å²) in [6.45, 7) is -2.37. The van der Waals surface area contributed by atoms with Crippen molar-refractivity contribution in [2.24, 2.45) is 4.99 Å². The second-order valence-electron chi connectivity index (χ2n) is 2.70. The standard InChI is InChI=1S/C8H13F2N5/c1-11-8(12-2)14-5-6-13-3-4-15(6)7(9)10/h3-4,7H,5H2,1-2H3,(H2,11,12,14). The Morgan fingerprint density at radius 3 is 2.93 bits per heavy atom. The molecular weight excluding hydrogens is 204 g/mol. The summed E-state index contributed by atoms with van der Waals surface area (Å²) < 4.78 is 25.6. The fourth-order valence-electron chi connectivity index (χ4n) is 1.10. The monoisotopic (exact) mass is 217 g/mol. The van der Waals surface area contributed by atoms with Crippen molar-refractivity contribution < 1.29 is 8.78 Å². The molecular formula is C8H13F2N5. The molecule has 0 atom stereocenters. The molecule has 0 radical (unpaired) electrons. The van der Waals surface area contributed by atoms with Gasteiger partial charge in [0.15, 0.2) is 5.96 Å². The summed E-state index contributed by atoms with van der Waals surface area (Å²) in [4.78, 5) is 7.67. The number of nitrogens with zero attached hydrogens (tertiary/aromatic N) is 3. The normalized spacial score (nSPS) is 11.9. The summed E-state index contributed by atoms with van der Waals surface area (Å²) in [5.74, 6) is 0.792. The van der Waals surface area contributed by atoms with Gasteiger partial charge in [-0.2, -0.15) is 8.78 Å². The molecule has 0 aliphatic heterocycles. The van der Waals surface area contributed by atoms with E-state index in [-0.39, 0.29) is 12.4 Å². The Kier molecular flexibility index (Phi) is 4.02. The molecule has 0 saturated heterocycles. The van der Waals surface area contributed by atoms with Crippen molar-refractivity contribution >= 4 is 5.96 Å². The maximum Gasteiger partial charge on any atom is 0.319 e. The zero-order valence-corrected chi connectivity index (χ0v) is 8.54. The zero-order valence-electron chi connectivity index (χ0n) is 8.54. The third-order valence-electron chi connectivity index (χ3n) is 1.83. The van der Waals surface area contributed by atoms with Crippen molar-refractivity contribution in [1.29, 1.82) is 0 Å². The molecule has 15 heavy (non-hydrogen) atoms. The molecule has 0 aromatic carbocycles. The van der Waals surface area contributed by atoms with E-state index >= 15 is 0 Å². The molecule has 0 aliphatic rings. The predicted molar refractivity (Wildman–Crippen MR) is 52.7 cm³/mol. The molecule has 1 rings (SSSR count). The van der Waals surface area contributed by atoms with Crippen molar-refractivity contribution in [1.82, 2.24) is 20.2 Å². The van der Waals surface area contributed by atoms with Gasteiger partial charge in [0.05, 0.1) is 6.54 Å². The van der Waals surface area contributed by atoms with E-state index in [9.17, 15) is 8.78 Å². The van der Waals surface area contributed by atoms with E-state index in [4.69, 9.17) is 0 Å². The number of hydrogen-bond donors (Lipinski definition) is 2. The number of imidazole rings is 1. The Labute approximate surface area is 86.2 Å². The van der Waals surface area contributed by atoms with Crippen molar-refractivity contribution in [3.63, 3.8) is 0 Å². The van der Waals surface area contributed by atoms with Crippen LogP contribution in [-0.4, -0.2) is 29.6 Å². The first-order valence-corrected chi connectivity index (χ1v) is 4.37. The molecule has 0 unspecified atom stereocenters. The Morgan fingerprint density at radius 2 is 2.40 bits per heavy atom. The van der Waals surface area contributed by atoms with Gasteiger partial charge in [0, 0.05) is 26.5 Å². The maximum absolute atomic E-state index is 12.4. The van der Waals surface area contributed by atoms with Gasteiger partial charge in [-0.3, -0.25) is 9.56 Å². The lowest BCUT2D eigenvalue weighted by atomic mass is 10.6. The SMILES string of the molecule is CN=C(NC)NCc1nccn1C(F)F. The highest BCUT2D eigenvalue weighted by molar-refractivity contribution is 5.79. The Morgan fingerprint density at radius 1 is 1.67 bits per heavy atom. The first kappa shape index (κ1) is 11.4. The molecule has 1 heterocycles. The smallest absolute Gasteiger partial charge is 0.319 e. The van der Waals surface area contributed by atoms with E-state index in [0.29, 0.717) is 5.96 Å². The molecule has 7 heteroatoms. The van der Waals surface area contributed by atoms with Gasteiger partial charge in [-0.25, -0.2) is 4.98 Å². The highest BCUT2D eigenvalue weighted by Crippen LogP contribution is 2.11. The van der Waals surface area contributed by atoms with E-state index in [1.807, 2.05) is 0 Å². The van der Waals surface area contributed by atoms with Gasteiger partial charge < -0.3 is 10.6 Å². The lowest BCUT2D eigenvalue weighted by Gasteiger charge is -2.09. The number of aromatic nitrogens is 2. The van der Waals surface area contributed by atoms with Crippen LogP contribution in [-0.2, 0) is 6.54 Å². The van der Waals surface area contributed by atoms with Gasteiger partial charge in [-0.05, 0) is 0 Å². The van der Waals surface area contributed by atoms with Crippen LogP contribution in [0.15, 0.2) is 17.4 Å². The summed E-state index contributed by atoms with van der Waals surface area (Å²) >= 11 is 0. The number of halogens is 2. The van der Waals surface area contributed by atoms with Gasteiger partial charge in [0.25, 0.3) is 0 Å². The molecule has 0 spiro atoms. The average molecular weight is 217 g/mol. The van der Waals surface area contributed by atoms with Gasteiger partial charge in [-0.15, -0.1) is 0 Å². The molecule has 1 aromatic heterocycles. The van der Waals surface area contributed by atoms with Gasteiger partial charge in [0.2, 0.25) is 0 Å². The highest BCUT2D eigenvalue weighted by atomic mass is 19.3. The first-order chi connectivity index (χ1) is 7.19. The molecule has 0 aliphatic carbocycles. The largest absolute Gasteiger partial charge is 0.359 e. The molecule has 1 aromatic rings. The minimum absolute atomic E-state index is 0.199. The Hall–Kier alpha value is -1.66. The summed E-state index contributed by atoms with van der Waals surface area (Å²) in [5.41, 5.74) is 0. The quantitative estimate of drug-likeness (QED) is 0.575. The molecule has 0 bridgehead atoms. The number of nitrogens with one attached hydrogen (secondary N) is 2. The van der Waals surface area contributed by atoms with Crippen molar-refractivity contribution in [2.45, 2.75) is 13.1 Å². The number of alkyl halides is 2. The van der Waals surface area contributed by atoms with Crippen LogP contribution in [0.5, 0.6) is 0 Å². The fraction of sp³-hybridized carbons (Fsp3) is 0.500. The number of guanidine groups is 1. The summed E-state index contributed by atoms with van der Waals surface area (Å²) in [7, 11) is 3.29. The van der Waals surface area contributed by atoms with E-state index in [1.54, 1.807) is 14.1 Å². The average Bonchev–Trinajstić information content (AvgIpc) is 2.67. The molecule has 5 nitrogen and oxygen atoms in total. The molecule has 2 N–H and O–H groups in total. The summed E-state index contributed by atoms with van der Waals surface area (Å²) in [5, 5.41) is 5.62. The van der Waals surface area contributed by atoms with Crippen LogP contribution >= 0.6 is 0 Å². The second kappa shape index (κ2) is 5.28. The van der Waals surface area contributed by atoms with Crippen LogP contribution in [0.2, 0.25) is 0 Å². The van der Waals surface area contributed by atoms with E-state index < -0.39 is 6.55 Å². The Bertz CT molecular complexity index is 334. The minimum Gasteiger partial charge on any atom is -0.359 e. The third kappa shape index (κ3) is 2.90. The minimum atomic E-state index is -2.57. The molecule has 84 valence electrons. The van der Waals surface area contributed by atoms with E-state index in [0.717, 1.165) is 4.57 Å². The highest BCUT2D eigenvalue weighted by Gasteiger charge is 2.10. The predicted octanol–water partition coefficient (Wildman–Crippen LogP) is 0.573. The lowest BCUT2D eigenvalue weighted by molar-refractivity contribution is 0.0668. The number of hydrogen-bond acceptors (Lipinski definition) is 2. The number of aliphatic imine (C=N–C) groups is 1. The van der Waals surface area contributed by atoms with Crippen molar-refractivity contribution in [3.05, 3.63) is 18.2 Å². The van der Waals surface area contributed by atoms with Crippen molar-refractivity contribution in [3.8, 4) is 0 Å². The lowest BCUT2D eigenvalue weighted by Crippen LogP contribution is -2.34. The van der Waals surface area contributed by atoms with Crippen LogP contribution in [0.1, 0.15) is 12.4 Å². The van der Waals surface area contributed by atoms with Gasteiger partial charge in [0.1, 0.15) is 5.82 Å². The third-order valence-corrected chi connectivity index (χ3v) is 1.83. The molecule has 0 saturated carbocycles. The molecule has 0 fully saturated rings. The van der Waals surface area contributed by atoms with Crippen LogP contribution in [0, 0.1) is 0 Å². The first-order valence-electron chi connectivity index (χ1n) is 4.37.